The number of hydrogen-bond acceptors (Lipinski definition) is 5. The Morgan fingerprint density at radius 3 is 2.44 bits per heavy atom. The molecule has 6 nitrogen and oxygen atoms in total. The second-order valence-corrected chi connectivity index (χ2v) is 6.14. The van der Waals surface area contributed by atoms with Gasteiger partial charge in [-0.25, -0.2) is 4.98 Å². The molecule has 5 aromatic rings. The first-order valence-electron chi connectivity index (χ1n) is 8.42. The van der Waals surface area contributed by atoms with Crippen molar-refractivity contribution in [2.24, 2.45) is 0 Å². The molecule has 130 valence electrons. The highest BCUT2D eigenvalue weighted by atomic mass is 16.3. The van der Waals surface area contributed by atoms with E-state index in [0.717, 1.165) is 22.3 Å². The number of rotatable bonds is 3. The molecule has 5 rings (SSSR count). The molecule has 0 aliphatic carbocycles. The van der Waals surface area contributed by atoms with Crippen LogP contribution in [0.5, 0.6) is 5.75 Å². The van der Waals surface area contributed by atoms with Gasteiger partial charge >= 0.3 is 0 Å². The third-order valence-electron chi connectivity index (χ3n) is 4.42. The fourth-order valence-corrected chi connectivity index (χ4v) is 3.04. The first-order valence-corrected chi connectivity index (χ1v) is 8.42. The zero-order chi connectivity index (χ0) is 18.2. The van der Waals surface area contributed by atoms with Gasteiger partial charge in [0.15, 0.2) is 5.58 Å². The van der Waals surface area contributed by atoms with E-state index in [9.17, 15) is 5.11 Å². The lowest BCUT2D eigenvalue weighted by molar-refractivity contribution is 0.474. The zero-order valence-electron chi connectivity index (χ0n) is 14.1. The molecule has 0 saturated heterocycles. The Balaban J connectivity index is 1.61. The van der Waals surface area contributed by atoms with Gasteiger partial charge in [0.25, 0.3) is 0 Å². The van der Waals surface area contributed by atoms with Crippen LogP contribution in [0.15, 0.2) is 83.8 Å². The smallest absolute Gasteiger partial charge is 0.231 e. The third-order valence-corrected chi connectivity index (χ3v) is 4.42. The van der Waals surface area contributed by atoms with Crippen molar-refractivity contribution in [2.45, 2.75) is 0 Å². The highest BCUT2D eigenvalue weighted by molar-refractivity contribution is 5.83. The molecule has 1 N–H and O–H groups in total. The van der Waals surface area contributed by atoms with Crippen LogP contribution in [-0.4, -0.2) is 24.9 Å². The van der Waals surface area contributed by atoms with E-state index >= 15 is 0 Å². The molecule has 0 saturated carbocycles. The molecule has 2 heterocycles. The molecule has 2 aromatic heterocycles. The lowest BCUT2D eigenvalue weighted by Gasteiger charge is -2.05. The summed E-state index contributed by atoms with van der Waals surface area (Å²) in [5, 5.41) is 17.9. The van der Waals surface area contributed by atoms with Gasteiger partial charge in [0.05, 0.1) is 5.56 Å². The largest absolute Gasteiger partial charge is 0.507 e. The number of nitrogens with zero attached hydrogens (tertiary/aromatic N) is 4. The maximum absolute atomic E-state index is 10.3. The number of oxazole rings is 1. The van der Waals surface area contributed by atoms with Gasteiger partial charge in [-0.3, -0.25) is 4.57 Å². The first kappa shape index (κ1) is 15.3. The summed E-state index contributed by atoms with van der Waals surface area (Å²) in [6.07, 6.45) is 3.18. The molecule has 0 amide bonds. The molecule has 0 radical (unpaired) electrons. The predicted molar refractivity (Wildman–Crippen MR) is 101 cm³/mol. The minimum absolute atomic E-state index is 0.0988. The summed E-state index contributed by atoms with van der Waals surface area (Å²) < 4.78 is 7.64. The summed E-state index contributed by atoms with van der Waals surface area (Å²) in [7, 11) is 0. The van der Waals surface area contributed by atoms with Crippen molar-refractivity contribution in [3.8, 4) is 34.0 Å². The molecule has 27 heavy (non-hydrogen) atoms. The second-order valence-electron chi connectivity index (χ2n) is 6.14. The SMILES string of the molecule is Oc1ccc(-n2cnnc2)cc1-c1nc2cc(-c3ccccc3)ccc2o1. The molecule has 0 spiro atoms. The topological polar surface area (TPSA) is 77.0 Å². The van der Waals surface area contributed by atoms with E-state index in [2.05, 4.69) is 27.3 Å². The van der Waals surface area contributed by atoms with Gasteiger partial charge in [-0.2, -0.15) is 0 Å². The lowest BCUT2D eigenvalue weighted by atomic mass is 10.1. The van der Waals surface area contributed by atoms with Crippen LogP contribution in [0.3, 0.4) is 0 Å². The van der Waals surface area contributed by atoms with Crippen molar-refractivity contribution in [3.63, 3.8) is 0 Å². The number of aromatic hydroxyl groups is 1. The van der Waals surface area contributed by atoms with Crippen molar-refractivity contribution in [3.05, 3.63) is 79.4 Å². The van der Waals surface area contributed by atoms with E-state index in [4.69, 9.17) is 4.42 Å². The van der Waals surface area contributed by atoms with Gasteiger partial charge in [0.2, 0.25) is 5.89 Å². The van der Waals surface area contributed by atoms with Crippen molar-refractivity contribution >= 4 is 11.1 Å². The predicted octanol–water partition coefficient (Wildman–Crippen LogP) is 4.45. The van der Waals surface area contributed by atoms with Crippen LogP contribution in [0, 0.1) is 0 Å². The number of phenolic OH excluding ortho intramolecular Hbond substituents is 1. The Kier molecular flexibility index (Phi) is 3.47. The Morgan fingerprint density at radius 1 is 0.815 bits per heavy atom. The second kappa shape index (κ2) is 6.10. The highest BCUT2D eigenvalue weighted by Gasteiger charge is 2.14. The van der Waals surface area contributed by atoms with Crippen LogP contribution in [-0.2, 0) is 0 Å². The molecule has 0 atom stereocenters. The van der Waals surface area contributed by atoms with E-state index in [1.54, 1.807) is 35.4 Å². The van der Waals surface area contributed by atoms with Gasteiger partial charge < -0.3 is 9.52 Å². The normalized spacial score (nSPS) is 11.1. The van der Waals surface area contributed by atoms with E-state index in [-0.39, 0.29) is 5.75 Å². The van der Waals surface area contributed by atoms with Crippen LogP contribution in [0.1, 0.15) is 0 Å². The lowest BCUT2D eigenvalue weighted by Crippen LogP contribution is -1.91. The summed E-state index contributed by atoms with van der Waals surface area (Å²) >= 11 is 0. The Morgan fingerprint density at radius 2 is 1.63 bits per heavy atom. The number of benzene rings is 3. The average molecular weight is 354 g/mol. The van der Waals surface area contributed by atoms with Crippen LogP contribution in [0.4, 0.5) is 0 Å². The summed E-state index contributed by atoms with van der Waals surface area (Å²) in [6, 6.07) is 21.2. The van der Waals surface area contributed by atoms with E-state index in [0.29, 0.717) is 17.0 Å². The van der Waals surface area contributed by atoms with Gasteiger partial charge in [0.1, 0.15) is 23.9 Å². The maximum Gasteiger partial charge on any atom is 0.231 e. The van der Waals surface area contributed by atoms with Gasteiger partial charge in [0, 0.05) is 5.69 Å². The minimum Gasteiger partial charge on any atom is -0.507 e. The Hall–Kier alpha value is -3.93. The van der Waals surface area contributed by atoms with Crippen LogP contribution in [0.2, 0.25) is 0 Å². The fraction of sp³-hybridized carbons (Fsp3) is 0. The molecule has 0 aliphatic rings. The minimum atomic E-state index is 0.0988. The van der Waals surface area contributed by atoms with Gasteiger partial charge in [-0.1, -0.05) is 36.4 Å². The molecule has 0 unspecified atom stereocenters. The molecular formula is C21H14N4O2. The first-order chi connectivity index (χ1) is 13.3. The molecule has 6 heteroatoms. The van der Waals surface area contributed by atoms with Crippen molar-refractivity contribution in [1.82, 2.24) is 19.7 Å². The maximum atomic E-state index is 10.3. The number of fused-ring (bicyclic) bond motifs is 1. The summed E-state index contributed by atoms with van der Waals surface area (Å²) in [5.41, 5.74) is 4.89. The average Bonchev–Trinajstić information content (AvgIpc) is 3.38. The molecule has 0 aliphatic heterocycles. The number of aromatic nitrogens is 4. The van der Waals surface area contributed by atoms with Crippen LogP contribution < -0.4 is 0 Å². The molecule has 0 bridgehead atoms. The van der Waals surface area contributed by atoms with Crippen molar-refractivity contribution < 1.29 is 9.52 Å². The highest BCUT2D eigenvalue weighted by Crippen LogP contribution is 2.34. The quantitative estimate of drug-likeness (QED) is 0.518. The Labute approximate surface area is 154 Å². The standard InChI is InChI=1S/C21H14N4O2/c26-19-8-7-16(25-12-22-23-13-25)11-17(19)21-24-18-10-15(6-9-20(18)27-21)14-4-2-1-3-5-14/h1-13,26H. The molecule has 3 aromatic carbocycles. The van der Waals surface area contributed by atoms with Gasteiger partial charge in [-0.05, 0) is 41.5 Å². The number of phenols is 1. The van der Waals surface area contributed by atoms with E-state index < -0.39 is 0 Å². The van der Waals surface area contributed by atoms with Crippen molar-refractivity contribution in [1.29, 1.82) is 0 Å². The van der Waals surface area contributed by atoms with E-state index in [1.165, 1.54) is 0 Å². The molecular weight excluding hydrogens is 340 g/mol. The number of hydrogen-bond donors (Lipinski definition) is 1. The van der Waals surface area contributed by atoms with Crippen LogP contribution >= 0.6 is 0 Å². The summed E-state index contributed by atoms with van der Waals surface area (Å²) in [5.74, 6) is 0.462. The fourth-order valence-electron chi connectivity index (χ4n) is 3.04. The summed E-state index contributed by atoms with van der Waals surface area (Å²) in [6.45, 7) is 0. The van der Waals surface area contributed by atoms with E-state index in [1.807, 2.05) is 36.4 Å². The van der Waals surface area contributed by atoms with Crippen LogP contribution in [0.25, 0.3) is 39.4 Å². The molecule has 0 fully saturated rings. The van der Waals surface area contributed by atoms with Crippen molar-refractivity contribution in [2.75, 3.05) is 0 Å². The van der Waals surface area contributed by atoms with Gasteiger partial charge in [-0.15, -0.1) is 10.2 Å². The monoisotopic (exact) mass is 354 g/mol. The zero-order valence-corrected chi connectivity index (χ0v) is 14.1. The third kappa shape index (κ3) is 2.73. The Bertz CT molecular complexity index is 1230. The summed E-state index contributed by atoms with van der Waals surface area (Å²) in [4.78, 5) is 4.59.